The number of imidazole rings is 1. The lowest BCUT2D eigenvalue weighted by Gasteiger charge is -1.97. The first kappa shape index (κ1) is 11.9. The van der Waals surface area contributed by atoms with E-state index in [1.807, 2.05) is 18.2 Å². The van der Waals surface area contributed by atoms with Crippen molar-refractivity contribution in [2.45, 2.75) is 10.9 Å². The Bertz CT molecular complexity index is 739. The quantitative estimate of drug-likeness (QED) is 0.713. The summed E-state index contributed by atoms with van der Waals surface area (Å²) in [6.45, 7) is 0. The Hall–Kier alpha value is -2.21. The maximum atomic E-state index is 12.2. The minimum atomic E-state index is -1.22. The Morgan fingerprint density at radius 1 is 1.32 bits per heavy atom. The zero-order valence-corrected chi connectivity index (χ0v) is 10.9. The van der Waals surface area contributed by atoms with Crippen LogP contribution >= 0.6 is 0 Å². The molecule has 0 aliphatic carbocycles. The fourth-order valence-electron chi connectivity index (χ4n) is 1.81. The lowest BCUT2D eigenvalue weighted by Crippen LogP contribution is -1.98. The predicted molar refractivity (Wildman–Crippen MR) is 74.9 cm³/mol. The van der Waals surface area contributed by atoms with Crippen molar-refractivity contribution >= 4 is 27.5 Å². The molecule has 19 heavy (non-hydrogen) atoms. The summed E-state index contributed by atoms with van der Waals surface area (Å²) in [5.41, 5.74) is 8.84. The molecular weight excluding hydrogens is 260 g/mol. The number of anilines is 1. The molecule has 0 bridgehead atoms. The molecule has 0 saturated carbocycles. The smallest absolute Gasteiger partial charge is 0.197 e. The molecule has 0 spiro atoms. The van der Waals surface area contributed by atoms with Gasteiger partial charge in [0.2, 0.25) is 0 Å². The SMILES string of the molecule is Nc1ccc2nc(S(=O)Cc3cccnc3)[nH]c2c1. The second kappa shape index (κ2) is 4.81. The molecule has 1 unspecified atom stereocenters. The van der Waals surface area contributed by atoms with E-state index >= 15 is 0 Å². The van der Waals surface area contributed by atoms with E-state index in [2.05, 4.69) is 15.0 Å². The number of hydrogen-bond donors (Lipinski definition) is 2. The average molecular weight is 272 g/mol. The van der Waals surface area contributed by atoms with E-state index in [0.717, 1.165) is 16.6 Å². The number of aromatic amines is 1. The van der Waals surface area contributed by atoms with Crippen LogP contribution in [0.15, 0.2) is 47.9 Å². The molecule has 3 aromatic rings. The van der Waals surface area contributed by atoms with E-state index < -0.39 is 10.8 Å². The summed E-state index contributed by atoms with van der Waals surface area (Å²) in [6, 6.07) is 9.09. The summed E-state index contributed by atoms with van der Waals surface area (Å²) in [7, 11) is -1.22. The van der Waals surface area contributed by atoms with Crippen LogP contribution in [0.1, 0.15) is 5.56 Å². The fraction of sp³-hybridized carbons (Fsp3) is 0.0769. The van der Waals surface area contributed by atoms with Crippen molar-refractivity contribution in [1.29, 1.82) is 0 Å². The number of aromatic nitrogens is 3. The summed E-state index contributed by atoms with van der Waals surface area (Å²) in [5, 5.41) is 0.462. The molecule has 0 amide bonds. The van der Waals surface area contributed by atoms with Crippen LogP contribution < -0.4 is 5.73 Å². The predicted octanol–water partition coefficient (Wildman–Crippen LogP) is 1.85. The molecule has 1 atom stereocenters. The zero-order valence-electron chi connectivity index (χ0n) is 10.0. The van der Waals surface area contributed by atoms with Crippen LogP contribution in [0.3, 0.4) is 0 Å². The minimum Gasteiger partial charge on any atom is -0.399 e. The van der Waals surface area contributed by atoms with Crippen molar-refractivity contribution in [3.05, 3.63) is 48.3 Å². The highest BCUT2D eigenvalue weighted by Crippen LogP contribution is 2.17. The molecule has 0 fully saturated rings. The highest BCUT2D eigenvalue weighted by Gasteiger charge is 2.10. The molecule has 0 aliphatic rings. The van der Waals surface area contributed by atoms with Crippen LogP contribution in [0, 0.1) is 0 Å². The van der Waals surface area contributed by atoms with Crippen LogP contribution in [0.25, 0.3) is 11.0 Å². The topological polar surface area (TPSA) is 84.7 Å². The lowest BCUT2D eigenvalue weighted by molar-refractivity contribution is 0.677. The van der Waals surface area contributed by atoms with Crippen molar-refractivity contribution < 1.29 is 4.21 Å². The van der Waals surface area contributed by atoms with Gasteiger partial charge in [0, 0.05) is 18.1 Å². The van der Waals surface area contributed by atoms with Crippen molar-refractivity contribution in [1.82, 2.24) is 15.0 Å². The fourth-order valence-corrected chi connectivity index (χ4v) is 2.85. The Labute approximate surface area is 112 Å². The monoisotopic (exact) mass is 272 g/mol. The Balaban J connectivity index is 1.89. The van der Waals surface area contributed by atoms with E-state index in [4.69, 9.17) is 5.73 Å². The molecule has 2 heterocycles. The second-order valence-corrected chi connectivity index (χ2v) is 5.54. The summed E-state index contributed by atoms with van der Waals surface area (Å²) >= 11 is 0. The van der Waals surface area contributed by atoms with Gasteiger partial charge in [-0.05, 0) is 29.8 Å². The van der Waals surface area contributed by atoms with E-state index in [0.29, 0.717) is 16.6 Å². The van der Waals surface area contributed by atoms with Crippen LogP contribution in [0.5, 0.6) is 0 Å². The lowest BCUT2D eigenvalue weighted by atomic mass is 10.3. The average Bonchev–Trinajstić information content (AvgIpc) is 2.83. The Morgan fingerprint density at radius 3 is 3.00 bits per heavy atom. The number of H-pyrrole nitrogens is 1. The first-order chi connectivity index (χ1) is 9.22. The van der Waals surface area contributed by atoms with Gasteiger partial charge < -0.3 is 10.7 Å². The van der Waals surface area contributed by atoms with Crippen LogP contribution in [0.2, 0.25) is 0 Å². The molecule has 0 aliphatic heterocycles. The number of fused-ring (bicyclic) bond motifs is 1. The third-order valence-corrected chi connectivity index (χ3v) is 3.94. The first-order valence-corrected chi connectivity index (χ1v) is 7.07. The van der Waals surface area contributed by atoms with Crippen LogP contribution in [-0.2, 0) is 16.6 Å². The summed E-state index contributed by atoms with van der Waals surface area (Å²) < 4.78 is 12.2. The molecule has 6 heteroatoms. The van der Waals surface area contributed by atoms with Gasteiger partial charge in [-0.1, -0.05) is 6.07 Å². The van der Waals surface area contributed by atoms with E-state index in [-0.39, 0.29) is 0 Å². The molecule has 0 radical (unpaired) electrons. The molecular formula is C13H12N4OS. The number of nitrogens with two attached hydrogens (primary N) is 1. The van der Waals surface area contributed by atoms with Gasteiger partial charge >= 0.3 is 0 Å². The second-order valence-electron chi connectivity index (χ2n) is 4.17. The zero-order chi connectivity index (χ0) is 13.2. The Kier molecular flexibility index (Phi) is 3.00. The van der Waals surface area contributed by atoms with Gasteiger partial charge in [0.25, 0.3) is 0 Å². The number of pyridine rings is 1. The van der Waals surface area contributed by atoms with Crippen molar-refractivity contribution in [2.75, 3.05) is 5.73 Å². The third-order valence-electron chi connectivity index (χ3n) is 2.72. The van der Waals surface area contributed by atoms with Gasteiger partial charge in [0.05, 0.1) is 27.6 Å². The van der Waals surface area contributed by atoms with Gasteiger partial charge in [-0.2, -0.15) is 0 Å². The maximum Gasteiger partial charge on any atom is 0.197 e. The summed E-state index contributed by atoms with van der Waals surface area (Å²) in [6.07, 6.45) is 3.40. The minimum absolute atomic E-state index is 0.392. The number of nitrogens with one attached hydrogen (secondary N) is 1. The molecule has 3 rings (SSSR count). The first-order valence-electron chi connectivity index (χ1n) is 5.75. The van der Waals surface area contributed by atoms with Gasteiger partial charge in [-0.15, -0.1) is 0 Å². The molecule has 3 N–H and O–H groups in total. The summed E-state index contributed by atoms with van der Waals surface area (Å²) in [5.74, 6) is 0.392. The van der Waals surface area contributed by atoms with Gasteiger partial charge in [-0.3, -0.25) is 9.19 Å². The van der Waals surface area contributed by atoms with Gasteiger partial charge in [0.15, 0.2) is 5.16 Å². The Morgan fingerprint density at radius 2 is 2.21 bits per heavy atom. The molecule has 2 aromatic heterocycles. The normalized spacial score (nSPS) is 12.6. The van der Waals surface area contributed by atoms with Gasteiger partial charge in [0.1, 0.15) is 0 Å². The number of benzene rings is 1. The highest BCUT2D eigenvalue weighted by atomic mass is 32.2. The molecule has 5 nitrogen and oxygen atoms in total. The van der Waals surface area contributed by atoms with Gasteiger partial charge in [-0.25, -0.2) is 4.98 Å². The van der Waals surface area contributed by atoms with Crippen molar-refractivity contribution in [3.8, 4) is 0 Å². The van der Waals surface area contributed by atoms with E-state index in [1.165, 1.54) is 0 Å². The maximum absolute atomic E-state index is 12.2. The largest absolute Gasteiger partial charge is 0.399 e. The third kappa shape index (κ3) is 2.48. The van der Waals surface area contributed by atoms with Crippen LogP contribution in [-0.4, -0.2) is 19.2 Å². The highest BCUT2D eigenvalue weighted by molar-refractivity contribution is 7.84. The molecule has 1 aromatic carbocycles. The molecule has 0 saturated heterocycles. The standard InChI is InChI=1S/C13H12N4OS/c14-10-3-4-11-12(6-10)17-13(16-11)19(18)8-9-2-1-5-15-7-9/h1-7H,8,14H2,(H,16,17). The van der Waals surface area contributed by atoms with Crippen molar-refractivity contribution in [3.63, 3.8) is 0 Å². The van der Waals surface area contributed by atoms with Crippen molar-refractivity contribution in [2.24, 2.45) is 0 Å². The van der Waals surface area contributed by atoms with Crippen LogP contribution in [0.4, 0.5) is 5.69 Å². The summed E-state index contributed by atoms with van der Waals surface area (Å²) in [4.78, 5) is 11.4. The number of hydrogen-bond acceptors (Lipinski definition) is 4. The van der Waals surface area contributed by atoms with E-state index in [9.17, 15) is 4.21 Å². The molecule has 96 valence electrons. The number of rotatable bonds is 3. The number of nitrogen functional groups attached to an aromatic ring is 1. The van der Waals surface area contributed by atoms with E-state index in [1.54, 1.807) is 24.5 Å². The number of nitrogens with zero attached hydrogens (tertiary/aromatic N) is 2.